The fourth-order valence-corrected chi connectivity index (χ4v) is 2.62. The maximum Gasteiger partial charge on any atom is 0.280 e. The highest BCUT2D eigenvalue weighted by atomic mass is 16.6. The van der Waals surface area contributed by atoms with E-state index < -0.39 is 30.1 Å². The second kappa shape index (κ2) is 5.65. The average molecular weight is 311 g/mol. The lowest BCUT2D eigenvalue weighted by atomic mass is 10.1. The monoisotopic (exact) mass is 311 g/mol. The Morgan fingerprint density at radius 2 is 2.36 bits per heavy atom. The topological polar surface area (TPSA) is 149 Å². The van der Waals surface area contributed by atoms with Crippen LogP contribution in [-0.4, -0.2) is 61.3 Å². The molecule has 10 nitrogen and oxygen atoms in total. The Kier molecular flexibility index (Phi) is 3.83. The van der Waals surface area contributed by atoms with Crippen LogP contribution >= 0.6 is 0 Å². The van der Waals surface area contributed by atoms with E-state index in [1.807, 2.05) is 0 Å². The molecule has 0 amide bonds. The van der Waals surface area contributed by atoms with Crippen LogP contribution in [0.1, 0.15) is 13.2 Å². The number of nitrogens with zero attached hydrogens (tertiary/aromatic N) is 3. The van der Waals surface area contributed by atoms with Gasteiger partial charge in [0.05, 0.1) is 12.9 Å². The summed E-state index contributed by atoms with van der Waals surface area (Å²) in [7, 11) is 0. The second-order valence-electron chi connectivity index (χ2n) is 4.93. The number of anilines is 1. The van der Waals surface area contributed by atoms with E-state index in [9.17, 15) is 15.0 Å². The Labute approximate surface area is 124 Å². The van der Waals surface area contributed by atoms with E-state index in [0.717, 1.165) is 0 Å². The van der Waals surface area contributed by atoms with Crippen LogP contribution in [0.3, 0.4) is 0 Å². The first-order chi connectivity index (χ1) is 10.6. The molecule has 5 N–H and O–H groups in total. The van der Waals surface area contributed by atoms with E-state index in [0.29, 0.717) is 6.61 Å². The fraction of sp³-hybridized carbons (Fsp3) is 0.583. The van der Waals surface area contributed by atoms with Crippen molar-refractivity contribution in [3.63, 3.8) is 0 Å². The Hall–Kier alpha value is -2.01. The highest BCUT2D eigenvalue weighted by molar-refractivity contribution is 5.70. The third-order valence-electron chi connectivity index (χ3n) is 3.57. The predicted molar refractivity (Wildman–Crippen MR) is 75.0 cm³/mol. The lowest BCUT2D eigenvalue weighted by Gasteiger charge is -2.19. The van der Waals surface area contributed by atoms with Crippen molar-refractivity contribution in [2.75, 3.05) is 18.9 Å². The number of fused-ring (bicyclic) bond motifs is 1. The number of aliphatic hydroxyl groups is 2. The van der Waals surface area contributed by atoms with Crippen molar-refractivity contribution in [1.82, 2.24) is 19.5 Å². The van der Waals surface area contributed by atoms with Crippen molar-refractivity contribution in [2.45, 2.75) is 31.5 Å². The number of nitrogen functional groups attached to an aromatic ring is 1. The summed E-state index contributed by atoms with van der Waals surface area (Å²) >= 11 is 0. The van der Waals surface area contributed by atoms with Crippen molar-refractivity contribution in [1.29, 1.82) is 0 Å². The molecule has 0 spiro atoms. The molecule has 1 fully saturated rings. The highest BCUT2D eigenvalue weighted by Gasteiger charge is 2.45. The molecule has 3 heterocycles. The standard InChI is InChI=1S/C12H17N5O5/c1-2-21-8-5(3-18)22-11(7(8)19)17-4-14-6-9(17)15-12(13)16-10(6)20/h4-5,7-8,11,18-19H,2-3H2,1H3,(H3,13,15,16,20)/t5-,7-,8-,11-/m1/s1. The number of nitrogens with one attached hydrogen (secondary N) is 1. The summed E-state index contributed by atoms with van der Waals surface area (Å²) in [4.78, 5) is 22.1. The van der Waals surface area contributed by atoms with Crippen molar-refractivity contribution in [3.8, 4) is 0 Å². The van der Waals surface area contributed by atoms with Gasteiger partial charge in [0.1, 0.15) is 18.3 Å². The number of imidazole rings is 1. The molecule has 0 radical (unpaired) electrons. The van der Waals surface area contributed by atoms with Gasteiger partial charge in [0.2, 0.25) is 5.95 Å². The highest BCUT2D eigenvalue weighted by Crippen LogP contribution is 2.32. The molecule has 1 saturated heterocycles. The first-order valence-electron chi connectivity index (χ1n) is 6.85. The molecule has 3 rings (SSSR count). The van der Waals surface area contributed by atoms with Gasteiger partial charge in [-0.15, -0.1) is 0 Å². The normalized spacial score (nSPS) is 28.5. The second-order valence-corrected chi connectivity index (χ2v) is 4.93. The third kappa shape index (κ3) is 2.25. The van der Waals surface area contributed by atoms with Gasteiger partial charge in [0.25, 0.3) is 5.56 Å². The molecule has 22 heavy (non-hydrogen) atoms. The molecule has 0 aliphatic carbocycles. The molecule has 0 unspecified atom stereocenters. The molecule has 10 heteroatoms. The molecule has 0 aromatic carbocycles. The summed E-state index contributed by atoms with van der Waals surface area (Å²) < 4.78 is 12.5. The molecular formula is C12H17N5O5. The Balaban J connectivity index is 2.03. The van der Waals surface area contributed by atoms with Crippen molar-refractivity contribution >= 4 is 17.1 Å². The summed E-state index contributed by atoms with van der Waals surface area (Å²) in [5, 5.41) is 19.8. The quantitative estimate of drug-likeness (QED) is 0.525. The molecular weight excluding hydrogens is 294 g/mol. The maximum atomic E-state index is 11.8. The smallest absolute Gasteiger partial charge is 0.280 e. The minimum Gasteiger partial charge on any atom is -0.394 e. The van der Waals surface area contributed by atoms with Crippen LogP contribution in [0.15, 0.2) is 11.1 Å². The number of rotatable bonds is 4. The first kappa shape index (κ1) is 14.9. The summed E-state index contributed by atoms with van der Waals surface area (Å²) in [6.45, 7) is 1.84. The van der Waals surface area contributed by atoms with Gasteiger partial charge < -0.3 is 25.4 Å². The summed E-state index contributed by atoms with van der Waals surface area (Å²) in [6, 6.07) is 0. The maximum absolute atomic E-state index is 11.8. The van der Waals surface area contributed by atoms with Gasteiger partial charge in [-0.25, -0.2) is 4.98 Å². The summed E-state index contributed by atoms with van der Waals surface area (Å²) in [5.74, 6) is -0.0631. The number of H-pyrrole nitrogens is 1. The molecule has 0 bridgehead atoms. The number of ether oxygens (including phenoxy) is 2. The van der Waals surface area contributed by atoms with Gasteiger partial charge in [0, 0.05) is 6.61 Å². The van der Waals surface area contributed by atoms with Gasteiger partial charge in [-0.1, -0.05) is 0 Å². The first-order valence-corrected chi connectivity index (χ1v) is 6.85. The van der Waals surface area contributed by atoms with Gasteiger partial charge >= 0.3 is 0 Å². The SMILES string of the molecule is CCO[C@H]1[C@@H](O)[C@H](n2cnc3c(=O)[nH]c(N)nc32)O[C@@H]1CO. The Morgan fingerprint density at radius 3 is 3.05 bits per heavy atom. The van der Waals surface area contributed by atoms with Crippen LogP contribution in [0.2, 0.25) is 0 Å². The zero-order chi connectivity index (χ0) is 15.9. The lowest BCUT2D eigenvalue weighted by Crippen LogP contribution is -2.36. The van der Waals surface area contributed by atoms with Gasteiger partial charge in [-0.3, -0.25) is 14.3 Å². The zero-order valence-electron chi connectivity index (χ0n) is 11.8. The van der Waals surface area contributed by atoms with E-state index in [1.54, 1.807) is 6.92 Å². The minimum absolute atomic E-state index is 0.0631. The minimum atomic E-state index is -1.04. The number of hydrogen-bond acceptors (Lipinski definition) is 8. The number of aliphatic hydroxyl groups excluding tert-OH is 2. The van der Waals surface area contributed by atoms with Crippen LogP contribution in [0.4, 0.5) is 5.95 Å². The lowest BCUT2D eigenvalue weighted by molar-refractivity contribution is -0.0584. The van der Waals surface area contributed by atoms with Crippen molar-refractivity contribution in [2.24, 2.45) is 0 Å². The number of aromatic amines is 1. The average Bonchev–Trinajstić information content (AvgIpc) is 3.02. The van der Waals surface area contributed by atoms with E-state index in [2.05, 4.69) is 15.0 Å². The number of nitrogens with two attached hydrogens (primary N) is 1. The van der Waals surface area contributed by atoms with Gasteiger partial charge in [-0.2, -0.15) is 4.98 Å². The van der Waals surface area contributed by atoms with E-state index >= 15 is 0 Å². The summed E-state index contributed by atoms with van der Waals surface area (Å²) in [6.07, 6.45) is -1.96. The van der Waals surface area contributed by atoms with Crippen LogP contribution in [-0.2, 0) is 9.47 Å². The molecule has 2 aromatic rings. The molecule has 120 valence electrons. The molecule has 0 saturated carbocycles. The van der Waals surface area contributed by atoms with E-state index in [-0.39, 0.29) is 23.7 Å². The van der Waals surface area contributed by atoms with Crippen LogP contribution in [0, 0.1) is 0 Å². The van der Waals surface area contributed by atoms with Crippen LogP contribution in [0.5, 0.6) is 0 Å². The van der Waals surface area contributed by atoms with Crippen LogP contribution in [0.25, 0.3) is 11.2 Å². The molecule has 2 aromatic heterocycles. The fourth-order valence-electron chi connectivity index (χ4n) is 2.62. The largest absolute Gasteiger partial charge is 0.394 e. The zero-order valence-corrected chi connectivity index (χ0v) is 11.8. The third-order valence-corrected chi connectivity index (χ3v) is 3.57. The summed E-state index contributed by atoms with van der Waals surface area (Å²) in [5.41, 5.74) is 5.34. The Morgan fingerprint density at radius 1 is 1.59 bits per heavy atom. The van der Waals surface area contributed by atoms with Crippen molar-refractivity contribution in [3.05, 3.63) is 16.7 Å². The molecule has 1 aliphatic heterocycles. The predicted octanol–water partition coefficient (Wildman–Crippen LogP) is -1.64. The van der Waals surface area contributed by atoms with Gasteiger partial charge in [-0.05, 0) is 6.92 Å². The van der Waals surface area contributed by atoms with Crippen molar-refractivity contribution < 1.29 is 19.7 Å². The van der Waals surface area contributed by atoms with E-state index in [4.69, 9.17) is 15.2 Å². The van der Waals surface area contributed by atoms with Crippen LogP contribution < -0.4 is 11.3 Å². The Bertz CT molecular complexity index is 728. The number of hydrogen-bond donors (Lipinski definition) is 4. The number of aromatic nitrogens is 4. The molecule has 1 aliphatic rings. The van der Waals surface area contributed by atoms with Gasteiger partial charge in [0.15, 0.2) is 17.4 Å². The molecule has 4 atom stereocenters. The van der Waals surface area contributed by atoms with E-state index in [1.165, 1.54) is 10.9 Å².